The summed E-state index contributed by atoms with van der Waals surface area (Å²) in [5, 5.41) is 14.6. The number of hydrogen-bond donors (Lipinski definition) is 1. The fourth-order valence-corrected chi connectivity index (χ4v) is 3.67. The number of nitro benzene ring substituents is 1. The van der Waals surface area contributed by atoms with Gasteiger partial charge in [0.05, 0.1) is 17.6 Å². The lowest BCUT2D eigenvalue weighted by molar-refractivity contribution is -0.385. The van der Waals surface area contributed by atoms with Crippen molar-refractivity contribution in [3.05, 3.63) is 68.7 Å². The van der Waals surface area contributed by atoms with Gasteiger partial charge in [0, 0.05) is 11.1 Å². The number of nitro groups is 1. The molecule has 1 amide bonds. The number of halogens is 1. The van der Waals surface area contributed by atoms with Crippen molar-refractivity contribution in [2.45, 2.75) is 31.2 Å². The van der Waals surface area contributed by atoms with Gasteiger partial charge in [0.25, 0.3) is 11.6 Å². The van der Waals surface area contributed by atoms with E-state index in [4.69, 9.17) is 16.3 Å². The normalized spacial score (nSPS) is 15.5. The Hall–Kier alpha value is -2.60. The molecule has 6 nitrogen and oxygen atoms in total. The molecule has 0 spiro atoms. The van der Waals surface area contributed by atoms with E-state index in [0.717, 1.165) is 37.0 Å². The molecule has 26 heavy (non-hydrogen) atoms. The van der Waals surface area contributed by atoms with Crippen LogP contribution >= 0.6 is 11.6 Å². The van der Waals surface area contributed by atoms with Gasteiger partial charge in [-0.1, -0.05) is 36.6 Å². The van der Waals surface area contributed by atoms with Crippen molar-refractivity contribution in [3.63, 3.8) is 0 Å². The van der Waals surface area contributed by atoms with E-state index < -0.39 is 16.4 Å². The maximum atomic E-state index is 12.9. The second kappa shape index (κ2) is 7.33. The molecule has 1 fully saturated rings. The average Bonchev–Trinajstić information content (AvgIpc) is 3.11. The summed E-state index contributed by atoms with van der Waals surface area (Å²) in [6.07, 6.45) is 3.53. The summed E-state index contributed by atoms with van der Waals surface area (Å²) in [5.74, 6) is 0.271. The first-order valence-electron chi connectivity index (χ1n) is 8.36. The molecule has 0 atom stereocenters. The molecule has 1 aliphatic rings. The van der Waals surface area contributed by atoms with Crippen LogP contribution in [0.1, 0.15) is 41.6 Å². The number of nitrogens with one attached hydrogen (secondary N) is 1. The summed E-state index contributed by atoms with van der Waals surface area (Å²) in [6, 6.07) is 11.6. The predicted molar refractivity (Wildman–Crippen MR) is 98.7 cm³/mol. The van der Waals surface area contributed by atoms with E-state index in [-0.39, 0.29) is 16.3 Å². The Morgan fingerprint density at radius 2 is 1.85 bits per heavy atom. The Labute approximate surface area is 156 Å². The number of rotatable bonds is 5. The van der Waals surface area contributed by atoms with Crippen LogP contribution in [0.2, 0.25) is 5.02 Å². The van der Waals surface area contributed by atoms with Crippen LogP contribution in [-0.2, 0) is 5.54 Å². The molecule has 0 bridgehead atoms. The van der Waals surface area contributed by atoms with Gasteiger partial charge in [0.1, 0.15) is 11.3 Å². The van der Waals surface area contributed by atoms with Crippen molar-refractivity contribution < 1.29 is 14.5 Å². The highest BCUT2D eigenvalue weighted by atomic mass is 35.5. The lowest BCUT2D eigenvalue weighted by Crippen LogP contribution is -2.44. The zero-order valence-corrected chi connectivity index (χ0v) is 15.1. The molecule has 0 heterocycles. The van der Waals surface area contributed by atoms with Gasteiger partial charge in [-0.05, 0) is 42.7 Å². The third-order valence-corrected chi connectivity index (χ3v) is 5.09. The SMILES string of the molecule is COc1ccc(C2(NC(=O)c3ccc(Cl)cc3[N+](=O)[O-])CCCC2)cc1. The summed E-state index contributed by atoms with van der Waals surface area (Å²) < 4.78 is 5.19. The van der Waals surface area contributed by atoms with Gasteiger partial charge in [-0.2, -0.15) is 0 Å². The lowest BCUT2D eigenvalue weighted by atomic mass is 9.87. The quantitative estimate of drug-likeness (QED) is 0.619. The largest absolute Gasteiger partial charge is 0.497 e. The maximum absolute atomic E-state index is 12.9. The minimum Gasteiger partial charge on any atom is -0.497 e. The first kappa shape index (κ1) is 18.2. The number of hydrogen-bond acceptors (Lipinski definition) is 4. The summed E-state index contributed by atoms with van der Waals surface area (Å²) >= 11 is 5.84. The molecule has 0 unspecified atom stereocenters. The number of carbonyl (C=O) groups is 1. The number of amides is 1. The zero-order valence-electron chi connectivity index (χ0n) is 14.3. The summed E-state index contributed by atoms with van der Waals surface area (Å²) in [6.45, 7) is 0. The lowest BCUT2D eigenvalue weighted by Gasteiger charge is -2.31. The standard InChI is InChI=1S/C19H19ClN2O4/c1-26-15-7-4-13(5-8-15)19(10-2-3-11-19)21-18(23)16-9-6-14(20)12-17(16)22(24)25/h4-9,12H,2-3,10-11H2,1H3,(H,21,23). The van der Waals surface area contributed by atoms with Crippen LogP contribution in [0.4, 0.5) is 5.69 Å². The molecule has 0 saturated heterocycles. The van der Waals surface area contributed by atoms with Crippen LogP contribution in [0.15, 0.2) is 42.5 Å². The van der Waals surface area contributed by atoms with Crippen LogP contribution < -0.4 is 10.1 Å². The summed E-state index contributed by atoms with van der Waals surface area (Å²) in [5.41, 5.74) is 0.162. The molecule has 1 saturated carbocycles. The van der Waals surface area contributed by atoms with Gasteiger partial charge >= 0.3 is 0 Å². The van der Waals surface area contributed by atoms with E-state index in [0.29, 0.717) is 0 Å². The minimum atomic E-state index is -0.588. The van der Waals surface area contributed by atoms with Gasteiger partial charge < -0.3 is 10.1 Å². The zero-order chi connectivity index (χ0) is 18.7. The van der Waals surface area contributed by atoms with Gasteiger partial charge in [-0.15, -0.1) is 0 Å². The van der Waals surface area contributed by atoms with E-state index in [1.807, 2.05) is 24.3 Å². The van der Waals surface area contributed by atoms with E-state index in [1.54, 1.807) is 7.11 Å². The van der Waals surface area contributed by atoms with E-state index in [9.17, 15) is 14.9 Å². The molecular weight excluding hydrogens is 356 g/mol. The Bertz CT molecular complexity index is 830. The Morgan fingerprint density at radius 3 is 2.42 bits per heavy atom. The van der Waals surface area contributed by atoms with Crippen molar-refractivity contribution >= 4 is 23.2 Å². The van der Waals surface area contributed by atoms with Crippen LogP contribution in [0, 0.1) is 10.1 Å². The fourth-order valence-electron chi connectivity index (χ4n) is 3.51. The molecule has 3 rings (SSSR count). The second-order valence-corrected chi connectivity index (χ2v) is 6.83. The number of carbonyl (C=O) groups excluding carboxylic acids is 1. The van der Waals surface area contributed by atoms with E-state index in [1.165, 1.54) is 18.2 Å². The molecule has 0 aromatic heterocycles. The number of methoxy groups -OCH3 is 1. The third kappa shape index (κ3) is 3.51. The second-order valence-electron chi connectivity index (χ2n) is 6.39. The highest BCUT2D eigenvalue weighted by Crippen LogP contribution is 2.40. The van der Waals surface area contributed by atoms with Crippen LogP contribution in [0.25, 0.3) is 0 Å². The van der Waals surface area contributed by atoms with Crippen molar-refractivity contribution in [2.24, 2.45) is 0 Å². The molecule has 7 heteroatoms. The number of ether oxygens (including phenoxy) is 1. The summed E-state index contributed by atoms with van der Waals surface area (Å²) in [7, 11) is 1.60. The van der Waals surface area contributed by atoms with E-state index >= 15 is 0 Å². The Balaban J connectivity index is 1.93. The van der Waals surface area contributed by atoms with Gasteiger partial charge in [-0.3, -0.25) is 14.9 Å². The van der Waals surface area contributed by atoms with Crippen molar-refractivity contribution in [3.8, 4) is 5.75 Å². The third-order valence-electron chi connectivity index (χ3n) is 4.85. The number of nitrogens with zero attached hydrogens (tertiary/aromatic N) is 1. The Morgan fingerprint density at radius 1 is 1.19 bits per heavy atom. The number of benzene rings is 2. The topological polar surface area (TPSA) is 81.5 Å². The summed E-state index contributed by atoms with van der Waals surface area (Å²) in [4.78, 5) is 23.6. The van der Waals surface area contributed by atoms with Crippen molar-refractivity contribution in [1.29, 1.82) is 0 Å². The van der Waals surface area contributed by atoms with Gasteiger partial charge in [-0.25, -0.2) is 0 Å². The smallest absolute Gasteiger partial charge is 0.283 e. The highest BCUT2D eigenvalue weighted by molar-refractivity contribution is 6.31. The maximum Gasteiger partial charge on any atom is 0.283 e. The first-order valence-corrected chi connectivity index (χ1v) is 8.74. The monoisotopic (exact) mass is 374 g/mol. The van der Waals surface area contributed by atoms with Gasteiger partial charge in [0.15, 0.2) is 0 Å². The molecule has 0 radical (unpaired) electrons. The first-order chi connectivity index (χ1) is 12.4. The molecule has 2 aromatic carbocycles. The van der Waals surface area contributed by atoms with Crippen LogP contribution in [-0.4, -0.2) is 17.9 Å². The average molecular weight is 375 g/mol. The Kier molecular flexibility index (Phi) is 5.13. The van der Waals surface area contributed by atoms with Crippen molar-refractivity contribution in [1.82, 2.24) is 5.32 Å². The minimum absolute atomic E-state index is 0.0131. The molecule has 1 aliphatic carbocycles. The molecule has 1 N–H and O–H groups in total. The predicted octanol–water partition coefficient (Wildman–Crippen LogP) is 4.46. The molecule has 136 valence electrons. The van der Waals surface area contributed by atoms with Crippen LogP contribution in [0.3, 0.4) is 0 Å². The molecule has 0 aliphatic heterocycles. The highest BCUT2D eigenvalue weighted by Gasteiger charge is 2.38. The van der Waals surface area contributed by atoms with Crippen molar-refractivity contribution in [2.75, 3.05) is 7.11 Å². The molecular formula is C19H19ClN2O4. The van der Waals surface area contributed by atoms with E-state index in [2.05, 4.69) is 5.32 Å². The van der Waals surface area contributed by atoms with Gasteiger partial charge in [0.2, 0.25) is 0 Å². The van der Waals surface area contributed by atoms with Crippen LogP contribution in [0.5, 0.6) is 5.75 Å². The fraction of sp³-hybridized carbons (Fsp3) is 0.316. The molecule has 2 aromatic rings.